The van der Waals surface area contributed by atoms with Gasteiger partial charge < -0.3 is 45.3 Å². The number of rotatable bonds is 8. The Kier molecular flexibility index (Phi) is 8.95. The van der Waals surface area contributed by atoms with Crippen molar-refractivity contribution < 1.29 is 45.3 Å². The van der Waals surface area contributed by atoms with Crippen molar-refractivity contribution in [2.75, 3.05) is 0 Å². The van der Waals surface area contributed by atoms with E-state index in [1.807, 2.05) is 41.5 Å². The van der Waals surface area contributed by atoms with Crippen LogP contribution in [0.15, 0.2) is 0 Å². The van der Waals surface area contributed by atoms with Crippen molar-refractivity contribution in [3.8, 4) is 0 Å². The zero-order valence-corrected chi connectivity index (χ0v) is 30.6. The molecular weight excluding hydrogens is 593 g/mol. The molecular formula is C16H42O11Si8. The Morgan fingerprint density at radius 3 is 0.743 bits per heavy atom. The Morgan fingerprint density at radius 2 is 0.543 bits per heavy atom. The molecule has 0 aromatic heterocycles. The van der Waals surface area contributed by atoms with E-state index >= 15 is 0 Å². The zero-order valence-electron chi connectivity index (χ0n) is 22.3. The van der Waals surface area contributed by atoms with Crippen molar-refractivity contribution in [2.45, 2.75) is 104 Å². The number of fused-ring (bicyclic) bond motifs is 4. The SMILES string of the molecule is CC[SiH]1O[Si]2(CC)O[Si]3(CC)O[SiH](CC)O[Si]4(CC)O[Si](CC)(O1)O[Si](CC)(O2)O[Si](CC)(O3)O4. The Hall–Kier alpha value is 1.30. The maximum atomic E-state index is 7.00. The summed E-state index contributed by atoms with van der Waals surface area (Å²) in [5, 5.41) is 0. The van der Waals surface area contributed by atoms with Crippen LogP contribution in [0.4, 0.5) is 0 Å². The largest absolute Gasteiger partial charge is 0.478 e. The highest BCUT2D eigenvalue weighted by Crippen LogP contribution is 2.47. The first-order valence-electron chi connectivity index (χ1n) is 13.2. The van der Waals surface area contributed by atoms with E-state index in [9.17, 15) is 0 Å². The molecule has 0 amide bonds. The van der Waals surface area contributed by atoms with Gasteiger partial charge in [-0.15, -0.1) is 0 Å². The van der Waals surface area contributed by atoms with Gasteiger partial charge in [0.1, 0.15) is 0 Å². The summed E-state index contributed by atoms with van der Waals surface area (Å²) in [6.45, 7) is 16.3. The zero-order chi connectivity index (χ0) is 25.6. The van der Waals surface area contributed by atoms with Crippen molar-refractivity contribution in [1.29, 1.82) is 0 Å². The second kappa shape index (κ2) is 10.7. The molecule has 4 heterocycles. The number of hydrogen-bond donors (Lipinski definition) is 0. The lowest BCUT2D eigenvalue weighted by molar-refractivity contribution is 0.0145. The second-order valence-corrected chi connectivity index (χ2v) is 34.4. The van der Waals surface area contributed by atoms with Gasteiger partial charge in [0.2, 0.25) is 0 Å². The van der Waals surface area contributed by atoms with Gasteiger partial charge in [0, 0.05) is 36.3 Å². The van der Waals surface area contributed by atoms with Crippen LogP contribution < -0.4 is 0 Å². The lowest BCUT2D eigenvalue weighted by atomic mass is 11.0. The van der Waals surface area contributed by atoms with Gasteiger partial charge in [-0.05, 0) is 12.1 Å². The summed E-state index contributed by atoms with van der Waals surface area (Å²) in [6, 6.07) is 4.61. The maximum absolute atomic E-state index is 7.00. The third kappa shape index (κ3) is 5.38. The average Bonchev–Trinajstić information content (AvgIpc) is 2.83. The minimum atomic E-state index is -3.45. The van der Waals surface area contributed by atoms with Crippen LogP contribution in [0.5, 0.6) is 0 Å². The van der Waals surface area contributed by atoms with Crippen LogP contribution in [0.25, 0.3) is 0 Å². The minimum Gasteiger partial charge on any atom is -0.397 e. The third-order valence-electron chi connectivity index (χ3n) is 6.69. The summed E-state index contributed by atoms with van der Waals surface area (Å²) in [6.07, 6.45) is 0. The Balaban J connectivity index is 2.02. The van der Waals surface area contributed by atoms with Crippen LogP contribution in [0.3, 0.4) is 0 Å². The van der Waals surface area contributed by atoms with E-state index in [0.29, 0.717) is 36.3 Å². The first-order valence-corrected chi connectivity index (χ1v) is 28.3. The van der Waals surface area contributed by atoms with Gasteiger partial charge in [0.25, 0.3) is 0 Å². The molecule has 0 spiro atoms. The van der Waals surface area contributed by atoms with Crippen LogP contribution in [0, 0.1) is 0 Å². The molecule has 0 aromatic carbocycles. The quantitative estimate of drug-likeness (QED) is 0.367. The molecule has 4 unspecified atom stereocenters. The van der Waals surface area contributed by atoms with Crippen LogP contribution >= 0.6 is 0 Å². The molecule has 35 heavy (non-hydrogen) atoms. The smallest absolute Gasteiger partial charge is 0.397 e. The van der Waals surface area contributed by atoms with E-state index in [1.54, 1.807) is 0 Å². The highest BCUT2D eigenvalue weighted by Gasteiger charge is 2.75. The van der Waals surface area contributed by atoms with Crippen LogP contribution in [-0.4, -0.2) is 71.4 Å². The highest BCUT2D eigenvalue weighted by atomic mass is 28.6. The molecule has 4 rings (SSSR count). The summed E-state index contributed by atoms with van der Waals surface area (Å²) in [7, 11) is -25.0. The summed E-state index contributed by atoms with van der Waals surface area (Å²) in [5.41, 5.74) is 0. The number of hydrogen-bond acceptors (Lipinski definition) is 11. The molecule has 0 N–H and O–H groups in total. The van der Waals surface area contributed by atoms with Crippen molar-refractivity contribution >= 4 is 71.4 Å². The fourth-order valence-electron chi connectivity index (χ4n) is 4.59. The molecule has 0 aromatic rings. The van der Waals surface area contributed by atoms with Crippen molar-refractivity contribution in [2.24, 2.45) is 0 Å². The van der Waals surface area contributed by atoms with Gasteiger partial charge >= 0.3 is 71.4 Å². The Labute approximate surface area is 219 Å². The normalized spacial score (nSPS) is 50.1. The molecule has 4 saturated heterocycles. The second-order valence-electron chi connectivity index (χ2n) is 9.08. The molecule has 4 aliphatic rings. The van der Waals surface area contributed by atoms with Crippen molar-refractivity contribution in [1.82, 2.24) is 0 Å². The summed E-state index contributed by atoms with van der Waals surface area (Å²) < 4.78 is 76.3. The van der Waals surface area contributed by atoms with E-state index in [1.165, 1.54) is 0 Å². The lowest BCUT2D eigenvalue weighted by Gasteiger charge is -2.58. The fraction of sp³-hybridized carbons (Fsp3) is 1.00. The minimum absolute atomic E-state index is 0.505. The van der Waals surface area contributed by atoms with Crippen molar-refractivity contribution in [3.63, 3.8) is 0 Å². The molecule has 11 nitrogen and oxygen atoms in total. The average molecular weight is 635 g/mol. The monoisotopic (exact) mass is 634 g/mol. The standard InChI is InChI=1S/C16H42O11Si8/c1-9-28-17-30(11-3)21-32(13-5)19-29(10-2)20-33(14-6)22-31(12-4,18-28)24-34(15-7,23-30)27-35(16-8,25-32)26-33/h28-29H,9-16H2,1-8H3. The Bertz CT molecular complexity index is 653. The molecule has 6 bridgehead atoms. The Morgan fingerprint density at radius 1 is 0.343 bits per heavy atom. The molecule has 19 heteroatoms. The van der Waals surface area contributed by atoms with Crippen LogP contribution in [-0.2, 0) is 45.3 Å². The van der Waals surface area contributed by atoms with Gasteiger partial charge in [-0.2, -0.15) is 0 Å². The van der Waals surface area contributed by atoms with E-state index in [-0.39, 0.29) is 0 Å². The van der Waals surface area contributed by atoms with Gasteiger partial charge in [0.05, 0.1) is 0 Å². The first kappa shape index (κ1) is 29.3. The first-order chi connectivity index (χ1) is 16.6. The maximum Gasteiger partial charge on any atom is 0.478 e. The fourth-order valence-corrected chi connectivity index (χ4v) is 49.3. The molecule has 0 saturated carbocycles. The van der Waals surface area contributed by atoms with E-state index in [4.69, 9.17) is 45.3 Å². The molecule has 4 aliphatic heterocycles. The summed E-state index contributed by atoms with van der Waals surface area (Å²) in [4.78, 5) is 0. The predicted molar refractivity (Wildman–Crippen MR) is 145 cm³/mol. The van der Waals surface area contributed by atoms with Crippen LogP contribution in [0.2, 0.25) is 48.4 Å². The lowest BCUT2D eigenvalue weighted by Crippen LogP contribution is -2.82. The van der Waals surface area contributed by atoms with Gasteiger partial charge in [-0.25, -0.2) is 0 Å². The van der Waals surface area contributed by atoms with E-state index in [0.717, 1.165) is 12.1 Å². The third-order valence-corrected chi connectivity index (χ3v) is 40.6. The highest BCUT2D eigenvalue weighted by molar-refractivity contribution is 6.99. The molecule has 4 atom stereocenters. The van der Waals surface area contributed by atoms with E-state index < -0.39 is 71.4 Å². The molecule has 0 aliphatic carbocycles. The van der Waals surface area contributed by atoms with Gasteiger partial charge in [0.15, 0.2) is 0 Å². The molecule has 204 valence electrons. The predicted octanol–water partition coefficient (Wildman–Crippen LogP) is 3.46. The topological polar surface area (TPSA) is 102 Å². The summed E-state index contributed by atoms with van der Waals surface area (Å²) >= 11 is 0. The molecule has 0 radical (unpaired) electrons. The van der Waals surface area contributed by atoms with Gasteiger partial charge in [-0.1, -0.05) is 55.4 Å². The van der Waals surface area contributed by atoms with Crippen molar-refractivity contribution in [3.05, 3.63) is 0 Å². The van der Waals surface area contributed by atoms with Crippen LogP contribution in [0.1, 0.15) is 55.4 Å². The van der Waals surface area contributed by atoms with E-state index in [2.05, 4.69) is 13.8 Å². The summed E-state index contributed by atoms with van der Waals surface area (Å²) in [5.74, 6) is 0. The molecule has 4 fully saturated rings. The van der Waals surface area contributed by atoms with Gasteiger partial charge in [-0.3, -0.25) is 0 Å².